The van der Waals surface area contributed by atoms with E-state index in [0.29, 0.717) is 23.1 Å². The summed E-state index contributed by atoms with van der Waals surface area (Å²) >= 11 is 5.91. The first-order valence-corrected chi connectivity index (χ1v) is 6.52. The number of ether oxygens (including phenoxy) is 1. The summed E-state index contributed by atoms with van der Waals surface area (Å²) in [7, 11) is 0. The van der Waals surface area contributed by atoms with Crippen LogP contribution in [0.4, 0.5) is 5.69 Å². The van der Waals surface area contributed by atoms with Crippen LogP contribution in [0.1, 0.15) is 13.3 Å². The lowest BCUT2D eigenvalue weighted by atomic mass is 10.1. The quantitative estimate of drug-likeness (QED) is 0.881. The monoisotopic (exact) mass is 268 g/mol. The molecule has 0 radical (unpaired) electrons. The molecular weight excluding hydrogens is 252 g/mol. The second-order valence-electron chi connectivity index (χ2n) is 4.25. The average molecular weight is 269 g/mol. The van der Waals surface area contributed by atoms with Crippen LogP contribution < -0.4 is 15.4 Å². The molecule has 1 unspecified atom stereocenters. The van der Waals surface area contributed by atoms with Gasteiger partial charge in [-0.3, -0.25) is 4.79 Å². The van der Waals surface area contributed by atoms with Crippen LogP contribution in [0.5, 0.6) is 5.75 Å². The molecule has 5 heteroatoms. The normalized spacial score (nSPS) is 18.7. The van der Waals surface area contributed by atoms with Gasteiger partial charge in [0.25, 0.3) is 0 Å². The van der Waals surface area contributed by atoms with Crippen LogP contribution in [0.3, 0.4) is 0 Å². The smallest absolute Gasteiger partial charge is 0.228 e. The van der Waals surface area contributed by atoms with Gasteiger partial charge in [-0.15, -0.1) is 0 Å². The Morgan fingerprint density at radius 2 is 2.44 bits per heavy atom. The number of halogens is 1. The lowest BCUT2D eigenvalue weighted by molar-refractivity contribution is -0.119. The van der Waals surface area contributed by atoms with E-state index >= 15 is 0 Å². The molecule has 98 valence electrons. The van der Waals surface area contributed by atoms with E-state index in [1.807, 2.05) is 6.92 Å². The molecule has 1 saturated heterocycles. The van der Waals surface area contributed by atoms with E-state index in [1.54, 1.807) is 18.2 Å². The first-order chi connectivity index (χ1) is 8.70. The first kappa shape index (κ1) is 13.2. The van der Waals surface area contributed by atoms with Crippen LogP contribution >= 0.6 is 11.6 Å². The second-order valence-corrected chi connectivity index (χ2v) is 4.69. The zero-order chi connectivity index (χ0) is 13.0. The van der Waals surface area contributed by atoms with Crippen molar-refractivity contribution in [3.8, 4) is 5.75 Å². The minimum Gasteiger partial charge on any atom is -0.492 e. The number of nitrogens with one attached hydrogen (secondary N) is 2. The van der Waals surface area contributed by atoms with Crippen molar-refractivity contribution in [2.24, 2.45) is 5.92 Å². The van der Waals surface area contributed by atoms with Gasteiger partial charge < -0.3 is 15.4 Å². The molecule has 1 aliphatic rings. The highest BCUT2D eigenvalue weighted by atomic mass is 35.5. The predicted molar refractivity (Wildman–Crippen MR) is 72.2 cm³/mol. The minimum absolute atomic E-state index is 0.0308. The SMILES string of the molecule is CCOc1cc(Cl)ccc1NC(=O)C1CCNC1. The van der Waals surface area contributed by atoms with Gasteiger partial charge in [0.05, 0.1) is 18.2 Å². The fraction of sp³-hybridized carbons (Fsp3) is 0.462. The first-order valence-electron chi connectivity index (χ1n) is 6.14. The standard InChI is InChI=1S/C13H17ClN2O2/c1-2-18-12-7-10(14)3-4-11(12)16-13(17)9-5-6-15-8-9/h3-4,7,9,15H,2,5-6,8H2,1H3,(H,16,17). The molecule has 4 nitrogen and oxygen atoms in total. The van der Waals surface area contributed by atoms with Gasteiger partial charge in [-0.1, -0.05) is 11.6 Å². The summed E-state index contributed by atoms with van der Waals surface area (Å²) in [5.41, 5.74) is 0.679. The van der Waals surface area contributed by atoms with Gasteiger partial charge >= 0.3 is 0 Å². The van der Waals surface area contributed by atoms with Crippen LogP contribution in [0.15, 0.2) is 18.2 Å². The van der Waals surface area contributed by atoms with Crippen molar-refractivity contribution in [1.82, 2.24) is 5.32 Å². The number of benzene rings is 1. The van der Waals surface area contributed by atoms with Crippen molar-refractivity contribution < 1.29 is 9.53 Å². The van der Waals surface area contributed by atoms with Gasteiger partial charge in [-0.05, 0) is 32.0 Å². The molecule has 1 aromatic rings. The van der Waals surface area contributed by atoms with Gasteiger partial charge in [0.15, 0.2) is 0 Å². The average Bonchev–Trinajstić information content (AvgIpc) is 2.86. The molecule has 1 atom stereocenters. The molecule has 0 aromatic heterocycles. The molecule has 18 heavy (non-hydrogen) atoms. The third-order valence-corrected chi connectivity index (χ3v) is 3.17. The summed E-state index contributed by atoms with van der Waals surface area (Å²) in [4.78, 5) is 12.0. The highest BCUT2D eigenvalue weighted by Crippen LogP contribution is 2.28. The summed E-state index contributed by atoms with van der Waals surface area (Å²) in [5.74, 6) is 0.683. The number of hydrogen-bond donors (Lipinski definition) is 2. The van der Waals surface area contributed by atoms with E-state index in [4.69, 9.17) is 16.3 Å². The van der Waals surface area contributed by atoms with Crippen LogP contribution in [-0.4, -0.2) is 25.6 Å². The maximum atomic E-state index is 12.0. The number of anilines is 1. The number of rotatable bonds is 4. The minimum atomic E-state index is 0.0308. The number of carbonyl (C=O) groups is 1. The third-order valence-electron chi connectivity index (χ3n) is 2.93. The Morgan fingerprint density at radius 1 is 1.61 bits per heavy atom. The second kappa shape index (κ2) is 6.07. The Bertz CT molecular complexity index is 431. The Kier molecular flexibility index (Phi) is 4.44. The molecule has 2 rings (SSSR count). The van der Waals surface area contributed by atoms with E-state index < -0.39 is 0 Å². The van der Waals surface area contributed by atoms with Crippen molar-refractivity contribution in [2.75, 3.05) is 25.0 Å². The molecule has 1 heterocycles. The van der Waals surface area contributed by atoms with Crippen LogP contribution in [0, 0.1) is 5.92 Å². The molecule has 1 fully saturated rings. The largest absolute Gasteiger partial charge is 0.492 e. The van der Waals surface area contributed by atoms with Crippen molar-refractivity contribution >= 4 is 23.2 Å². The van der Waals surface area contributed by atoms with Gasteiger partial charge in [0.1, 0.15) is 5.75 Å². The number of carbonyl (C=O) groups excluding carboxylic acids is 1. The molecule has 1 aliphatic heterocycles. The Labute approximate surface area is 112 Å². The zero-order valence-electron chi connectivity index (χ0n) is 10.3. The lowest BCUT2D eigenvalue weighted by Crippen LogP contribution is -2.24. The molecule has 0 bridgehead atoms. The summed E-state index contributed by atoms with van der Waals surface area (Å²) in [5, 5.41) is 6.67. The molecule has 0 saturated carbocycles. The molecule has 0 spiro atoms. The zero-order valence-corrected chi connectivity index (χ0v) is 11.1. The van der Waals surface area contributed by atoms with E-state index in [1.165, 1.54) is 0 Å². The fourth-order valence-electron chi connectivity index (χ4n) is 1.99. The molecule has 0 aliphatic carbocycles. The highest BCUT2D eigenvalue weighted by Gasteiger charge is 2.23. The summed E-state index contributed by atoms with van der Waals surface area (Å²) in [6.07, 6.45) is 0.878. The predicted octanol–water partition coefficient (Wildman–Crippen LogP) is 2.29. The lowest BCUT2D eigenvalue weighted by Gasteiger charge is -2.14. The van der Waals surface area contributed by atoms with E-state index in [2.05, 4.69) is 10.6 Å². The number of amides is 1. The Morgan fingerprint density at radius 3 is 3.11 bits per heavy atom. The van der Waals surface area contributed by atoms with Gasteiger partial charge in [-0.25, -0.2) is 0 Å². The maximum Gasteiger partial charge on any atom is 0.228 e. The highest BCUT2D eigenvalue weighted by molar-refractivity contribution is 6.30. The summed E-state index contributed by atoms with van der Waals surface area (Å²) in [6, 6.07) is 5.23. The van der Waals surface area contributed by atoms with Crippen LogP contribution in [0.2, 0.25) is 5.02 Å². The molecule has 2 N–H and O–H groups in total. The summed E-state index contributed by atoms with van der Waals surface area (Å²) < 4.78 is 5.47. The van der Waals surface area contributed by atoms with E-state index in [0.717, 1.165) is 19.5 Å². The maximum absolute atomic E-state index is 12.0. The van der Waals surface area contributed by atoms with E-state index in [-0.39, 0.29) is 11.8 Å². The van der Waals surface area contributed by atoms with Gasteiger partial charge in [-0.2, -0.15) is 0 Å². The van der Waals surface area contributed by atoms with E-state index in [9.17, 15) is 4.79 Å². The van der Waals surface area contributed by atoms with Crippen molar-refractivity contribution in [1.29, 1.82) is 0 Å². The van der Waals surface area contributed by atoms with Gasteiger partial charge in [0.2, 0.25) is 5.91 Å². The number of hydrogen-bond acceptors (Lipinski definition) is 3. The van der Waals surface area contributed by atoms with Crippen molar-refractivity contribution in [3.63, 3.8) is 0 Å². The topological polar surface area (TPSA) is 50.4 Å². The van der Waals surface area contributed by atoms with Crippen molar-refractivity contribution in [2.45, 2.75) is 13.3 Å². The summed E-state index contributed by atoms with van der Waals surface area (Å²) in [6.45, 7) is 4.07. The fourth-order valence-corrected chi connectivity index (χ4v) is 2.15. The molecular formula is C13H17ClN2O2. The third kappa shape index (κ3) is 3.15. The van der Waals surface area contributed by atoms with Crippen molar-refractivity contribution in [3.05, 3.63) is 23.2 Å². The molecule has 1 amide bonds. The molecule has 1 aromatic carbocycles. The Hall–Kier alpha value is -1.26. The Balaban J connectivity index is 2.09. The van der Waals surface area contributed by atoms with Crippen LogP contribution in [-0.2, 0) is 4.79 Å². The van der Waals surface area contributed by atoms with Gasteiger partial charge in [0, 0.05) is 17.6 Å². The van der Waals surface area contributed by atoms with Crippen LogP contribution in [0.25, 0.3) is 0 Å².